The second-order valence-electron chi connectivity index (χ2n) is 10.9. The quantitative estimate of drug-likeness (QED) is 0.299. The Bertz CT molecular complexity index is 1490. The molecule has 2 atom stereocenters. The first-order valence-electron chi connectivity index (χ1n) is 13.7. The zero-order chi connectivity index (χ0) is 26.9. The van der Waals surface area contributed by atoms with Gasteiger partial charge in [0.1, 0.15) is 5.82 Å². The fraction of sp³-hybridized carbons (Fsp3) is 0.273. The lowest BCUT2D eigenvalue weighted by Crippen LogP contribution is -2.32. The van der Waals surface area contributed by atoms with Gasteiger partial charge in [-0.25, -0.2) is 4.39 Å². The van der Waals surface area contributed by atoms with Gasteiger partial charge in [-0.1, -0.05) is 18.2 Å². The van der Waals surface area contributed by atoms with Gasteiger partial charge >= 0.3 is 0 Å². The van der Waals surface area contributed by atoms with Crippen molar-refractivity contribution in [3.63, 3.8) is 0 Å². The summed E-state index contributed by atoms with van der Waals surface area (Å²) >= 11 is 0. The summed E-state index contributed by atoms with van der Waals surface area (Å²) in [6.07, 6.45) is 10.2. The maximum Gasteiger partial charge on any atom is 0.251 e. The van der Waals surface area contributed by atoms with Crippen LogP contribution in [0.3, 0.4) is 0 Å². The Hall–Kier alpha value is -4.03. The number of rotatable bonds is 6. The van der Waals surface area contributed by atoms with E-state index in [1.807, 2.05) is 62.6 Å². The van der Waals surface area contributed by atoms with Gasteiger partial charge in [0, 0.05) is 60.5 Å². The molecule has 0 bridgehead atoms. The number of fused-ring (bicyclic) bond motifs is 1. The van der Waals surface area contributed by atoms with Gasteiger partial charge in [0.2, 0.25) is 0 Å². The molecule has 0 aliphatic carbocycles. The number of nitrogens with one attached hydrogen (secondary N) is 2. The molecule has 0 saturated carbocycles. The third-order valence-corrected chi connectivity index (χ3v) is 7.90. The number of nitrogens with zero attached hydrogens (tertiary/aromatic N) is 2. The number of pyridine rings is 1. The minimum atomic E-state index is -0.240. The number of hydrogen-bond acceptors (Lipinski definition) is 3. The van der Waals surface area contributed by atoms with E-state index in [4.69, 9.17) is 0 Å². The average molecular weight is 521 g/mol. The summed E-state index contributed by atoms with van der Waals surface area (Å²) in [6, 6.07) is 19.4. The number of carbonyl (C=O) groups is 1. The summed E-state index contributed by atoms with van der Waals surface area (Å²) in [6.45, 7) is 5.98. The molecule has 0 unspecified atom stereocenters. The highest BCUT2D eigenvalue weighted by Crippen LogP contribution is 2.42. The van der Waals surface area contributed by atoms with Gasteiger partial charge in [-0.05, 0) is 103 Å². The summed E-state index contributed by atoms with van der Waals surface area (Å²) < 4.78 is 13.7. The van der Waals surface area contributed by atoms with Gasteiger partial charge in [0.05, 0.1) is 5.69 Å². The Morgan fingerprint density at radius 3 is 2.49 bits per heavy atom. The van der Waals surface area contributed by atoms with Crippen molar-refractivity contribution in [3.8, 4) is 22.4 Å². The molecule has 39 heavy (non-hydrogen) atoms. The van der Waals surface area contributed by atoms with Crippen LogP contribution in [0.5, 0.6) is 0 Å². The van der Waals surface area contributed by atoms with E-state index in [1.54, 1.807) is 0 Å². The normalized spacial score (nSPS) is 19.1. The highest BCUT2D eigenvalue weighted by atomic mass is 19.1. The van der Waals surface area contributed by atoms with Crippen molar-refractivity contribution >= 4 is 11.5 Å². The van der Waals surface area contributed by atoms with Crippen LogP contribution in [0.4, 0.5) is 4.39 Å². The maximum atomic E-state index is 13.7. The maximum absolute atomic E-state index is 13.7. The number of aromatic nitrogens is 2. The van der Waals surface area contributed by atoms with E-state index in [9.17, 15) is 9.18 Å². The lowest BCUT2D eigenvalue weighted by molar-refractivity contribution is 0.0943. The minimum absolute atomic E-state index is 0.0236. The summed E-state index contributed by atoms with van der Waals surface area (Å²) in [7, 11) is 0. The van der Waals surface area contributed by atoms with Crippen molar-refractivity contribution in [1.82, 2.24) is 20.2 Å². The molecule has 2 aromatic carbocycles. The number of amides is 1. The molecule has 6 heteroatoms. The molecule has 1 fully saturated rings. The minimum Gasteiger partial charge on any atom is -0.360 e. The predicted octanol–water partition coefficient (Wildman–Crippen LogP) is 6.67. The monoisotopic (exact) mass is 520 g/mol. The summed E-state index contributed by atoms with van der Waals surface area (Å²) in [5.41, 5.74) is 8.71. The molecule has 1 saturated heterocycles. The van der Waals surface area contributed by atoms with Gasteiger partial charge < -0.3 is 10.3 Å². The second kappa shape index (κ2) is 10.6. The predicted molar refractivity (Wildman–Crippen MR) is 154 cm³/mol. The molecule has 2 aliphatic rings. The number of aromatic amines is 1. The Morgan fingerprint density at radius 1 is 1.03 bits per heavy atom. The lowest BCUT2D eigenvalue weighted by atomic mass is 9.90. The van der Waals surface area contributed by atoms with Crippen LogP contribution in [-0.2, 0) is 0 Å². The van der Waals surface area contributed by atoms with Crippen LogP contribution in [0.1, 0.15) is 54.1 Å². The van der Waals surface area contributed by atoms with Crippen LogP contribution in [0, 0.1) is 5.82 Å². The first-order valence-corrected chi connectivity index (χ1v) is 13.7. The fourth-order valence-electron chi connectivity index (χ4n) is 6.00. The van der Waals surface area contributed by atoms with Gasteiger partial charge in [-0.2, -0.15) is 0 Å². The van der Waals surface area contributed by atoms with Crippen LogP contribution in [0.25, 0.3) is 28.0 Å². The van der Waals surface area contributed by atoms with E-state index in [0.717, 1.165) is 48.3 Å². The fourth-order valence-corrected chi connectivity index (χ4v) is 6.00. The Kier molecular flexibility index (Phi) is 6.88. The van der Waals surface area contributed by atoms with Crippen molar-refractivity contribution in [2.45, 2.75) is 44.7 Å². The number of H-pyrrole nitrogens is 1. The molecule has 198 valence electrons. The van der Waals surface area contributed by atoms with Crippen LogP contribution < -0.4 is 5.32 Å². The van der Waals surface area contributed by atoms with Crippen molar-refractivity contribution in [2.75, 3.05) is 13.1 Å². The first kappa shape index (κ1) is 25.3. The van der Waals surface area contributed by atoms with E-state index in [2.05, 4.69) is 44.6 Å². The van der Waals surface area contributed by atoms with E-state index in [0.29, 0.717) is 17.5 Å². The van der Waals surface area contributed by atoms with E-state index in [-0.39, 0.29) is 17.8 Å². The number of benzene rings is 2. The Morgan fingerprint density at radius 2 is 1.77 bits per heavy atom. The van der Waals surface area contributed by atoms with E-state index < -0.39 is 0 Å². The van der Waals surface area contributed by atoms with Crippen LogP contribution >= 0.6 is 0 Å². The third kappa shape index (κ3) is 5.17. The van der Waals surface area contributed by atoms with Crippen LogP contribution in [0.15, 0.2) is 85.3 Å². The summed E-state index contributed by atoms with van der Waals surface area (Å²) in [5, 5.41) is 2.96. The smallest absolute Gasteiger partial charge is 0.251 e. The van der Waals surface area contributed by atoms with Crippen molar-refractivity contribution < 1.29 is 9.18 Å². The largest absolute Gasteiger partial charge is 0.360 e. The molecular weight excluding hydrogens is 487 g/mol. The third-order valence-electron chi connectivity index (χ3n) is 7.90. The molecule has 1 amide bonds. The Balaban J connectivity index is 1.27. The van der Waals surface area contributed by atoms with Crippen molar-refractivity contribution in [2.24, 2.45) is 0 Å². The molecule has 2 aromatic heterocycles. The molecule has 2 N–H and O–H groups in total. The molecule has 4 heterocycles. The van der Waals surface area contributed by atoms with Crippen molar-refractivity contribution in [1.29, 1.82) is 0 Å². The standard InChI is InChI=1S/C33H33FN4O/c1-21(2)37-33(39)25-5-3-22(4-6-25)27-18-29-17-26(13-16-38(29)20-27)30-19-36-32(24-7-9-28(34)10-8-24)31(30)23-11-14-35-15-12-23/h3-12,14-15,17,19,21,27,29,36H,13,16,18,20H2,1-2H3,(H,37,39)/t27-,29-/m1/s1. The zero-order valence-corrected chi connectivity index (χ0v) is 22.3. The molecule has 2 aliphatic heterocycles. The number of hydrogen-bond donors (Lipinski definition) is 2. The van der Waals surface area contributed by atoms with E-state index in [1.165, 1.54) is 28.8 Å². The van der Waals surface area contributed by atoms with Crippen molar-refractivity contribution in [3.05, 3.63) is 108 Å². The average Bonchev–Trinajstić information content (AvgIpc) is 3.58. The van der Waals surface area contributed by atoms with Gasteiger partial charge in [-0.3, -0.25) is 14.7 Å². The zero-order valence-electron chi connectivity index (χ0n) is 22.3. The first-order chi connectivity index (χ1) is 19.0. The Labute approximate surface area is 228 Å². The molecule has 0 spiro atoms. The van der Waals surface area contributed by atoms with Crippen LogP contribution in [-0.4, -0.2) is 45.9 Å². The summed E-state index contributed by atoms with van der Waals surface area (Å²) in [5.74, 6) is 0.174. The van der Waals surface area contributed by atoms with Gasteiger partial charge in [-0.15, -0.1) is 0 Å². The molecule has 4 aromatic rings. The number of carbonyl (C=O) groups excluding carboxylic acids is 1. The topological polar surface area (TPSA) is 61.0 Å². The molecule has 6 rings (SSSR count). The highest BCUT2D eigenvalue weighted by molar-refractivity contribution is 5.94. The highest BCUT2D eigenvalue weighted by Gasteiger charge is 2.35. The molecule has 5 nitrogen and oxygen atoms in total. The van der Waals surface area contributed by atoms with Gasteiger partial charge in [0.25, 0.3) is 5.91 Å². The SMILES string of the molecule is CC(C)NC(=O)c1ccc([C@@H]2C[C@H]3C=C(c4c[nH]c(-c5ccc(F)cc5)c4-c4ccncc4)CCN3C2)cc1. The second-order valence-corrected chi connectivity index (χ2v) is 10.9. The summed E-state index contributed by atoms with van der Waals surface area (Å²) in [4.78, 5) is 22.6. The lowest BCUT2D eigenvalue weighted by Gasteiger charge is -2.28. The van der Waals surface area contributed by atoms with Crippen LogP contribution in [0.2, 0.25) is 0 Å². The number of halogens is 1. The molecular formula is C33H33FN4O. The van der Waals surface area contributed by atoms with E-state index >= 15 is 0 Å². The molecule has 0 radical (unpaired) electrons. The van der Waals surface area contributed by atoms with Gasteiger partial charge in [0.15, 0.2) is 0 Å².